The third kappa shape index (κ3) is 3.55. The lowest BCUT2D eigenvalue weighted by Gasteiger charge is -2.24. The van der Waals surface area contributed by atoms with Crippen LogP contribution in [0, 0.1) is 5.92 Å². The van der Waals surface area contributed by atoms with Crippen LogP contribution in [0.2, 0.25) is 0 Å². The Balaban J connectivity index is 4.22. The number of nitrogens with zero attached hydrogens (tertiary/aromatic N) is 1. The van der Waals surface area contributed by atoms with Crippen LogP contribution in [-0.4, -0.2) is 29.3 Å². The zero-order valence-corrected chi connectivity index (χ0v) is 9.77. The van der Waals surface area contributed by atoms with Crippen LogP contribution in [0.1, 0.15) is 34.1 Å². The summed E-state index contributed by atoms with van der Waals surface area (Å²) in [5, 5.41) is -0.357. The first-order chi connectivity index (χ1) is 6.08. The quantitative estimate of drug-likeness (QED) is 0.632. The van der Waals surface area contributed by atoms with E-state index in [9.17, 15) is 4.79 Å². The maximum absolute atomic E-state index is 11.7. The van der Waals surface area contributed by atoms with Gasteiger partial charge >= 0.3 is 0 Å². The standard InChI is InChI=1S/C10H20ClNO/c1-5-8(4)9(11)10(13)12(6-2)7-3/h8-9H,5-7H2,1-4H3. The second-order valence-corrected chi connectivity index (χ2v) is 3.77. The van der Waals surface area contributed by atoms with Crippen LogP contribution in [0.25, 0.3) is 0 Å². The number of hydrogen-bond donors (Lipinski definition) is 0. The van der Waals surface area contributed by atoms with Gasteiger partial charge in [0.05, 0.1) is 0 Å². The summed E-state index contributed by atoms with van der Waals surface area (Å²) in [5.74, 6) is 0.329. The zero-order chi connectivity index (χ0) is 10.4. The molecule has 0 fully saturated rings. The van der Waals surface area contributed by atoms with Crippen molar-refractivity contribution in [1.29, 1.82) is 0 Å². The van der Waals surface area contributed by atoms with Crippen molar-refractivity contribution in [1.82, 2.24) is 4.90 Å². The molecule has 13 heavy (non-hydrogen) atoms. The van der Waals surface area contributed by atoms with E-state index in [0.29, 0.717) is 0 Å². The molecule has 0 spiro atoms. The van der Waals surface area contributed by atoms with Gasteiger partial charge in [0.15, 0.2) is 0 Å². The van der Waals surface area contributed by atoms with Crippen molar-refractivity contribution in [3.05, 3.63) is 0 Å². The van der Waals surface area contributed by atoms with Gasteiger partial charge in [0.2, 0.25) is 5.91 Å². The molecule has 0 aromatic carbocycles. The van der Waals surface area contributed by atoms with E-state index in [2.05, 4.69) is 6.92 Å². The number of rotatable bonds is 5. The van der Waals surface area contributed by atoms with Crippen LogP contribution in [0.3, 0.4) is 0 Å². The molecule has 2 atom stereocenters. The fourth-order valence-electron chi connectivity index (χ4n) is 1.16. The molecule has 2 unspecified atom stereocenters. The average Bonchev–Trinajstić information content (AvgIpc) is 2.17. The van der Waals surface area contributed by atoms with E-state index in [-0.39, 0.29) is 17.2 Å². The van der Waals surface area contributed by atoms with E-state index in [1.807, 2.05) is 20.8 Å². The molecular weight excluding hydrogens is 186 g/mol. The zero-order valence-electron chi connectivity index (χ0n) is 9.01. The molecule has 3 heteroatoms. The number of amides is 1. The molecule has 0 aliphatic heterocycles. The lowest BCUT2D eigenvalue weighted by Crippen LogP contribution is -2.39. The monoisotopic (exact) mass is 205 g/mol. The van der Waals surface area contributed by atoms with Crippen LogP contribution in [0.15, 0.2) is 0 Å². The maximum atomic E-state index is 11.7. The summed E-state index contributed by atoms with van der Waals surface area (Å²) in [7, 11) is 0. The summed E-state index contributed by atoms with van der Waals surface area (Å²) < 4.78 is 0. The van der Waals surface area contributed by atoms with Crippen molar-refractivity contribution >= 4 is 17.5 Å². The van der Waals surface area contributed by atoms with Crippen LogP contribution in [0.5, 0.6) is 0 Å². The predicted octanol–water partition coefficient (Wildman–Crippen LogP) is 2.51. The highest BCUT2D eigenvalue weighted by atomic mass is 35.5. The Morgan fingerprint density at radius 1 is 1.31 bits per heavy atom. The number of hydrogen-bond acceptors (Lipinski definition) is 1. The van der Waals surface area contributed by atoms with Crippen molar-refractivity contribution < 1.29 is 4.79 Å². The molecule has 0 bridgehead atoms. The van der Waals surface area contributed by atoms with Gasteiger partial charge in [0.25, 0.3) is 0 Å². The normalized spacial score (nSPS) is 15.2. The van der Waals surface area contributed by atoms with Gasteiger partial charge in [0.1, 0.15) is 5.38 Å². The molecule has 78 valence electrons. The molecule has 0 aromatic heterocycles. The van der Waals surface area contributed by atoms with Crippen molar-refractivity contribution in [2.75, 3.05) is 13.1 Å². The Morgan fingerprint density at radius 2 is 1.77 bits per heavy atom. The van der Waals surface area contributed by atoms with Gasteiger partial charge in [-0.05, 0) is 19.8 Å². The Hall–Kier alpha value is -0.240. The second kappa shape index (κ2) is 6.25. The molecule has 0 heterocycles. The van der Waals surface area contributed by atoms with Crippen LogP contribution in [-0.2, 0) is 4.79 Å². The summed E-state index contributed by atoms with van der Waals surface area (Å²) >= 11 is 6.04. The molecule has 0 rings (SSSR count). The molecule has 0 saturated heterocycles. The minimum Gasteiger partial charge on any atom is -0.342 e. The fourth-order valence-corrected chi connectivity index (χ4v) is 1.48. The first-order valence-electron chi connectivity index (χ1n) is 5.01. The van der Waals surface area contributed by atoms with E-state index in [0.717, 1.165) is 19.5 Å². The van der Waals surface area contributed by atoms with E-state index < -0.39 is 0 Å². The number of halogens is 1. The van der Waals surface area contributed by atoms with Gasteiger partial charge in [-0.25, -0.2) is 0 Å². The van der Waals surface area contributed by atoms with Gasteiger partial charge in [-0.1, -0.05) is 20.3 Å². The number of alkyl halides is 1. The highest BCUT2D eigenvalue weighted by molar-refractivity contribution is 6.30. The van der Waals surface area contributed by atoms with E-state index in [1.165, 1.54) is 0 Å². The van der Waals surface area contributed by atoms with Crippen molar-refractivity contribution in [2.24, 2.45) is 5.92 Å². The maximum Gasteiger partial charge on any atom is 0.240 e. The molecule has 0 aliphatic rings. The van der Waals surface area contributed by atoms with Crippen LogP contribution < -0.4 is 0 Å². The lowest BCUT2D eigenvalue weighted by molar-refractivity contribution is -0.131. The van der Waals surface area contributed by atoms with Crippen LogP contribution in [0.4, 0.5) is 0 Å². The summed E-state index contributed by atoms with van der Waals surface area (Å²) in [5.41, 5.74) is 0. The van der Waals surface area contributed by atoms with Gasteiger partial charge in [-0.3, -0.25) is 4.79 Å². The van der Waals surface area contributed by atoms with Gasteiger partial charge < -0.3 is 4.90 Å². The van der Waals surface area contributed by atoms with Crippen molar-refractivity contribution in [3.63, 3.8) is 0 Å². The third-order valence-electron chi connectivity index (χ3n) is 2.45. The summed E-state index contributed by atoms with van der Waals surface area (Å²) in [6.45, 7) is 9.50. The largest absolute Gasteiger partial charge is 0.342 e. The third-order valence-corrected chi connectivity index (χ3v) is 3.07. The summed E-state index contributed by atoms with van der Waals surface area (Å²) in [4.78, 5) is 13.5. The van der Waals surface area contributed by atoms with Crippen molar-refractivity contribution in [3.8, 4) is 0 Å². The topological polar surface area (TPSA) is 20.3 Å². The minimum absolute atomic E-state index is 0.0704. The smallest absolute Gasteiger partial charge is 0.240 e. The van der Waals surface area contributed by atoms with Crippen LogP contribution >= 0.6 is 11.6 Å². The molecule has 2 nitrogen and oxygen atoms in total. The Labute approximate surface area is 86.2 Å². The van der Waals surface area contributed by atoms with Crippen molar-refractivity contribution in [2.45, 2.75) is 39.5 Å². The SMILES string of the molecule is CCC(C)C(Cl)C(=O)N(CC)CC. The van der Waals surface area contributed by atoms with Gasteiger partial charge in [0, 0.05) is 13.1 Å². The molecule has 0 aliphatic carbocycles. The number of carbonyl (C=O) groups is 1. The Bertz CT molecular complexity index is 157. The second-order valence-electron chi connectivity index (χ2n) is 3.30. The summed E-state index contributed by atoms with van der Waals surface area (Å²) in [6.07, 6.45) is 0.946. The molecule has 0 aromatic rings. The molecule has 0 N–H and O–H groups in total. The molecule has 0 radical (unpaired) electrons. The average molecular weight is 206 g/mol. The summed E-state index contributed by atoms with van der Waals surface area (Å²) in [6, 6.07) is 0. The lowest BCUT2D eigenvalue weighted by atomic mass is 10.0. The molecular formula is C10H20ClNO. The van der Waals surface area contributed by atoms with Gasteiger partial charge in [-0.15, -0.1) is 11.6 Å². The first-order valence-corrected chi connectivity index (χ1v) is 5.44. The van der Waals surface area contributed by atoms with E-state index in [1.54, 1.807) is 4.90 Å². The number of carbonyl (C=O) groups excluding carboxylic acids is 1. The first kappa shape index (κ1) is 12.8. The van der Waals surface area contributed by atoms with E-state index >= 15 is 0 Å². The Kier molecular flexibility index (Phi) is 6.13. The highest BCUT2D eigenvalue weighted by Gasteiger charge is 2.24. The predicted molar refractivity (Wildman–Crippen MR) is 57.0 cm³/mol. The Morgan fingerprint density at radius 3 is 2.08 bits per heavy atom. The molecule has 0 saturated carbocycles. The highest BCUT2D eigenvalue weighted by Crippen LogP contribution is 2.16. The fraction of sp³-hybridized carbons (Fsp3) is 0.900. The minimum atomic E-state index is -0.357. The van der Waals surface area contributed by atoms with Gasteiger partial charge in [-0.2, -0.15) is 0 Å². The molecule has 1 amide bonds. The van der Waals surface area contributed by atoms with E-state index in [4.69, 9.17) is 11.6 Å².